The Morgan fingerprint density at radius 3 is 2.60 bits per heavy atom. The molecule has 1 aliphatic rings. The predicted molar refractivity (Wildman–Crippen MR) is 118 cm³/mol. The monoisotopic (exact) mass is 440 g/mol. The van der Waals surface area contributed by atoms with Crippen LogP contribution in [0.25, 0.3) is 16.2 Å². The molecule has 1 aromatic heterocycles. The van der Waals surface area contributed by atoms with Gasteiger partial charge >= 0.3 is 0 Å². The quantitative estimate of drug-likeness (QED) is 0.578. The van der Waals surface area contributed by atoms with Crippen LogP contribution in [-0.4, -0.2) is 35.0 Å². The molecule has 2 heterocycles. The average molecular weight is 441 g/mol. The van der Waals surface area contributed by atoms with E-state index in [0.29, 0.717) is 10.4 Å². The summed E-state index contributed by atoms with van der Waals surface area (Å²) in [5.74, 6) is -1.01. The van der Waals surface area contributed by atoms with Crippen molar-refractivity contribution in [1.29, 1.82) is 0 Å². The van der Waals surface area contributed by atoms with Crippen LogP contribution < -0.4 is 5.32 Å². The second-order valence-corrected chi connectivity index (χ2v) is 8.74. The van der Waals surface area contributed by atoms with Crippen LogP contribution in [-0.2, 0) is 4.79 Å². The summed E-state index contributed by atoms with van der Waals surface area (Å²) in [6.07, 6.45) is 1.56. The number of nitrogens with one attached hydrogen (secondary N) is 1. The van der Waals surface area contributed by atoms with Gasteiger partial charge in [-0.15, -0.1) is 11.3 Å². The van der Waals surface area contributed by atoms with Gasteiger partial charge in [0, 0.05) is 17.8 Å². The van der Waals surface area contributed by atoms with Crippen molar-refractivity contribution in [3.63, 3.8) is 0 Å². The standard InChI is InChI=1S/C22H17FN2O3S2/c1-13-16-4-2-3-5-17(16)29-19(13)20(26)24-10-11-25-21(27)18(30-22(25)28)12-14-6-8-15(23)9-7-14/h2-9,12H,10-11H2,1H3,(H,24,26)/b18-12-. The summed E-state index contributed by atoms with van der Waals surface area (Å²) >= 11 is 2.25. The molecule has 0 spiro atoms. The SMILES string of the molecule is Cc1c(C(=O)NCCN2C(=O)S/C(=C\c3ccc(F)cc3)C2=O)sc2ccccc12. The van der Waals surface area contributed by atoms with Gasteiger partial charge in [0.05, 0.1) is 9.78 Å². The van der Waals surface area contributed by atoms with E-state index in [1.54, 1.807) is 6.08 Å². The second kappa shape index (κ2) is 8.41. The number of thiophene rings is 1. The maximum atomic E-state index is 13.0. The van der Waals surface area contributed by atoms with E-state index in [2.05, 4.69) is 5.32 Å². The maximum Gasteiger partial charge on any atom is 0.293 e. The Morgan fingerprint density at radius 2 is 1.87 bits per heavy atom. The number of nitrogens with zero attached hydrogens (tertiary/aromatic N) is 1. The van der Waals surface area contributed by atoms with Gasteiger partial charge in [0.15, 0.2) is 0 Å². The van der Waals surface area contributed by atoms with Crippen LogP contribution in [0.5, 0.6) is 0 Å². The lowest BCUT2D eigenvalue weighted by molar-refractivity contribution is -0.122. The van der Waals surface area contributed by atoms with E-state index in [1.807, 2.05) is 31.2 Å². The highest BCUT2D eigenvalue weighted by molar-refractivity contribution is 8.18. The summed E-state index contributed by atoms with van der Waals surface area (Å²) in [5.41, 5.74) is 1.55. The van der Waals surface area contributed by atoms with Crippen molar-refractivity contribution in [1.82, 2.24) is 10.2 Å². The molecule has 3 amide bonds. The zero-order chi connectivity index (χ0) is 21.3. The number of hydrogen-bond donors (Lipinski definition) is 1. The van der Waals surface area contributed by atoms with Gasteiger partial charge in [0.25, 0.3) is 17.1 Å². The van der Waals surface area contributed by atoms with E-state index < -0.39 is 5.91 Å². The molecule has 2 aromatic carbocycles. The molecule has 3 aromatic rings. The van der Waals surface area contributed by atoms with Crippen molar-refractivity contribution in [2.75, 3.05) is 13.1 Å². The minimum atomic E-state index is -0.415. The number of benzene rings is 2. The smallest absolute Gasteiger partial charge is 0.293 e. The van der Waals surface area contributed by atoms with Crippen molar-refractivity contribution >= 4 is 56.3 Å². The lowest BCUT2D eigenvalue weighted by Crippen LogP contribution is -2.37. The molecule has 1 aliphatic heterocycles. The molecule has 30 heavy (non-hydrogen) atoms. The number of fused-ring (bicyclic) bond motifs is 1. The predicted octanol–water partition coefficient (Wildman–Crippen LogP) is 4.82. The first-order chi connectivity index (χ1) is 14.4. The Hall–Kier alpha value is -2.97. The molecule has 8 heteroatoms. The fraction of sp³-hybridized carbons (Fsp3) is 0.136. The summed E-state index contributed by atoms with van der Waals surface area (Å²) < 4.78 is 14.1. The first-order valence-electron chi connectivity index (χ1n) is 9.21. The number of thioether (sulfide) groups is 1. The number of rotatable bonds is 5. The van der Waals surface area contributed by atoms with Gasteiger partial charge < -0.3 is 5.32 Å². The van der Waals surface area contributed by atoms with Crippen LogP contribution in [0, 0.1) is 12.7 Å². The number of carbonyl (C=O) groups excluding carboxylic acids is 3. The van der Waals surface area contributed by atoms with Gasteiger partial charge in [-0.05, 0) is 59.5 Å². The zero-order valence-electron chi connectivity index (χ0n) is 16.0. The topological polar surface area (TPSA) is 66.5 Å². The third-order valence-corrected chi connectivity index (χ3v) is 6.89. The lowest BCUT2D eigenvalue weighted by atomic mass is 10.1. The van der Waals surface area contributed by atoms with E-state index in [4.69, 9.17) is 0 Å². The molecule has 0 radical (unpaired) electrons. The van der Waals surface area contributed by atoms with Gasteiger partial charge in [-0.25, -0.2) is 4.39 Å². The highest BCUT2D eigenvalue weighted by Crippen LogP contribution is 2.32. The molecule has 0 unspecified atom stereocenters. The molecule has 0 aliphatic carbocycles. The lowest BCUT2D eigenvalue weighted by Gasteiger charge is -2.12. The van der Waals surface area contributed by atoms with Crippen molar-refractivity contribution in [3.8, 4) is 0 Å². The number of aryl methyl sites for hydroxylation is 1. The number of carbonyl (C=O) groups is 3. The summed E-state index contributed by atoms with van der Waals surface area (Å²) in [6, 6.07) is 13.5. The van der Waals surface area contributed by atoms with Crippen LogP contribution in [0.3, 0.4) is 0 Å². The fourth-order valence-corrected chi connectivity index (χ4v) is 5.15. The molecule has 1 N–H and O–H groups in total. The molecular formula is C22H17FN2O3S2. The Labute approximate surface area is 180 Å². The molecule has 1 saturated heterocycles. The third kappa shape index (κ3) is 4.01. The Kier molecular flexibility index (Phi) is 5.69. The van der Waals surface area contributed by atoms with Crippen molar-refractivity contribution in [2.24, 2.45) is 0 Å². The summed E-state index contributed by atoms with van der Waals surface area (Å²) in [4.78, 5) is 39.3. The number of hydrogen-bond acceptors (Lipinski definition) is 5. The van der Waals surface area contributed by atoms with Crippen molar-refractivity contribution < 1.29 is 18.8 Å². The minimum absolute atomic E-state index is 0.0844. The first kappa shape index (κ1) is 20.3. The van der Waals surface area contributed by atoms with Gasteiger partial charge in [0.2, 0.25) is 0 Å². The summed E-state index contributed by atoms with van der Waals surface area (Å²) in [6.45, 7) is 2.15. The molecule has 1 fully saturated rings. The number of amides is 3. The van der Waals surface area contributed by atoms with Gasteiger partial charge in [-0.1, -0.05) is 30.3 Å². The molecule has 0 atom stereocenters. The Bertz CT molecular complexity index is 1180. The normalized spacial score (nSPS) is 15.4. The molecule has 0 saturated carbocycles. The molecule has 5 nitrogen and oxygen atoms in total. The van der Waals surface area contributed by atoms with Crippen LogP contribution in [0.1, 0.15) is 20.8 Å². The highest BCUT2D eigenvalue weighted by Gasteiger charge is 2.34. The Morgan fingerprint density at radius 1 is 1.13 bits per heavy atom. The van der Waals surface area contributed by atoms with E-state index in [1.165, 1.54) is 35.6 Å². The highest BCUT2D eigenvalue weighted by atomic mass is 32.2. The van der Waals surface area contributed by atoms with E-state index in [0.717, 1.165) is 32.3 Å². The zero-order valence-corrected chi connectivity index (χ0v) is 17.6. The van der Waals surface area contributed by atoms with Crippen LogP contribution in [0.2, 0.25) is 0 Å². The summed E-state index contributed by atoms with van der Waals surface area (Å²) in [7, 11) is 0. The Balaban J connectivity index is 1.39. The van der Waals surface area contributed by atoms with Gasteiger partial charge in [-0.2, -0.15) is 0 Å². The number of halogens is 1. The maximum absolute atomic E-state index is 13.0. The third-order valence-electron chi connectivity index (χ3n) is 4.71. The second-order valence-electron chi connectivity index (χ2n) is 6.69. The molecule has 4 rings (SSSR count). The largest absolute Gasteiger partial charge is 0.350 e. The van der Waals surface area contributed by atoms with Crippen LogP contribution in [0.4, 0.5) is 9.18 Å². The van der Waals surface area contributed by atoms with E-state index in [9.17, 15) is 18.8 Å². The fourth-order valence-electron chi connectivity index (χ4n) is 3.16. The van der Waals surface area contributed by atoms with Gasteiger partial charge in [0.1, 0.15) is 5.82 Å². The van der Waals surface area contributed by atoms with Crippen molar-refractivity contribution in [3.05, 3.63) is 75.3 Å². The first-order valence-corrected chi connectivity index (χ1v) is 10.8. The summed E-state index contributed by atoms with van der Waals surface area (Å²) in [5, 5.41) is 3.45. The number of imide groups is 1. The van der Waals surface area contributed by atoms with E-state index in [-0.39, 0.29) is 35.0 Å². The minimum Gasteiger partial charge on any atom is -0.350 e. The van der Waals surface area contributed by atoms with Crippen molar-refractivity contribution in [2.45, 2.75) is 6.92 Å². The van der Waals surface area contributed by atoms with Gasteiger partial charge in [-0.3, -0.25) is 19.3 Å². The van der Waals surface area contributed by atoms with E-state index >= 15 is 0 Å². The van der Waals surface area contributed by atoms with Crippen LogP contribution in [0.15, 0.2) is 53.4 Å². The molecule has 0 bridgehead atoms. The molecular weight excluding hydrogens is 423 g/mol. The average Bonchev–Trinajstić information content (AvgIpc) is 3.21. The molecule has 152 valence electrons. The van der Waals surface area contributed by atoms with Crippen LogP contribution >= 0.6 is 23.1 Å².